The minimum Gasteiger partial charge on any atom is -0.508 e. The summed E-state index contributed by atoms with van der Waals surface area (Å²) in [5, 5.41) is 24.4. The first-order valence-corrected chi connectivity index (χ1v) is 6.36. The van der Waals surface area contributed by atoms with Crippen LogP contribution >= 0.6 is 0 Å². The highest BCUT2D eigenvalue weighted by molar-refractivity contribution is 5.99. The van der Waals surface area contributed by atoms with Crippen molar-refractivity contribution in [3.05, 3.63) is 23.8 Å². The molecule has 0 radical (unpaired) electrons. The molecule has 0 atom stereocenters. The lowest BCUT2D eigenvalue weighted by atomic mass is 10.2. The summed E-state index contributed by atoms with van der Waals surface area (Å²) in [5.74, 6) is -1.13. The number of rotatable bonds is 3. The van der Waals surface area contributed by atoms with E-state index in [0.717, 1.165) is 19.2 Å². The molecule has 1 fully saturated rings. The van der Waals surface area contributed by atoms with Crippen LogP contribution in [-0.2, 0) is 4.79 Å². The van der Waals surface area contributed by atoms with Gasteiger partial charge in [-0.2, -0.15) is 0 Å². The van der Waals surface area contributed by atoms with Crippen LogP contribution < -0.4 is 10.6 Å². The van der Waals surface area contributed by atoms with Gasteiger partial charge in [0.05, 0.1) is 12.1 Å². The summed E-state index contributed by atoms with van der Waals surface area (Å²) in [6.45, 7) is 2.59. The van der Waals surface area contributed by atoms with Crippen molar-refractivity contribution < 1.29 is 19.8 Å². The summed E-state index contributed by atoms with van der Waals surface area (Å²) in [5.41, 5.74) is -0.0573. The fourth-order valence-electron chi connectivity index (χ4n) is 1.98. The van der Waals surface area contributed by atoms with Crippen molar-refractivity contribution in [1.82, 2.24) is 15.5 Å². The highest BCUT2D eigenvalue weighted by atomic mass is 16.3. The van der Waals surface area contributed by atoms with Crippen molar-refractivity contribution in [3.8, 4) is 11.5 Å². The van der Waals surface area contributed by atoms with Gasteiger partial charge in [-0.05, 0) is 18.2 Å². The molecule has 1 saturated heterocycles. The van der Waals surface area contributed by atoms with Crippen molar-refractivity contribution in [2.24, 2.45) is 0 Å². The normalized spacial score (nSPS) is 14.9. The Hall–Kier alpha value is -2.28. The first-order valence-electron chi connectivity index (χ1n) is 6.36. The Bertz CT molecular complexity index is 512. The molecule has 1 aliphatic rings. The Morgan fingerprint density at radius 3 is 2.65 bits per heavy atom. The number of phenols is 2. The van der Waals surface area contributed by atoms with Gasteiger partial charge in [0.1, 0.15) is 11.5 Å². The van der Waals surface area contributed by atoms with Gasteiger partial charge < -0.3 is 25.7 Å². The number of hydrogen-bond donors (Lipinski definition) is 4. The first-order chi connectivity index (χ1) is 9.58. The van der Waals surface area contributed by atoms with Crippen LogP contribution in [0.25, 0.3) is 0 Å². The number of hydrogen-bond acceptors (Lipinski definition) is 5. The average Bonchev–Trinajstić information content (AvgIpc) is 2.47. The predicted molar refractivity (Wildman–Crippen MR) is 71.6 cm³/mol. The summed E-state index contributed by atoms with van der Waals surface area (Å²) in [6.07, 6.45) is 0. The zero-order valence-corrected chi connectivity index (χ0v) is 10.9. The van der Waals surface area contributed by atoms with Gasteiger partial charge in [0.2, 0.25) is 5.91 Å². The number of phenolic OH excluding ortho intramolecular Hbond substituents is 2. The molecule has 108 valence electrons. The van der Waals surface area contributed by atoms with E-state index in [1.165, 1.54) is 12.1 Å². The maximum absolute atomic E-state index is 11.9. The van der Waals surface area contributed by atoms with Crippen LogP contribution in [0.3, 0.4) is 0 Å². The summed E-state index contributed by atoms with van der Waals surface area (Å²) in [7, 11) is 0. The molecule has 4 N–H and O–H groups in total. The summed E-state index contributed by atoms with van der Waals surface area (Å²) in [4.78, 5) is 25.4. The topological polar surface area (TPSA) is 102 Å². The Morgan fingerprint density at radius 2 is 1.95 bits per heavy atom. The second kappa shape index (κ2) is 6.25. The monoisotopic (exact) mass is 279 g/mol. The van der Waals surface area contributed by atoms with E-state index in [2.05, 4.69) is 10.6 Å². The maximum Gasteiger partial charge on any atom is 0.255 e. The fraction of sp³-hybridized carbons (Fsp3) is 0.385. The lowest BCUT2D eigenvalue weighted by Crippen LogP contribution is -2.49. The van der Waals surface area contributed by atoms with Gasteiger partial charge in [-0.25, -0.2) is 0 Å². The van der Waals surface area contributed by atoms with Gasteiger partial charge in [-0.3, -0.25) is 9.59 Å². The van der Waals surface area contributed by atoms with Crippen LogP contribution in [0.2, 0.25) is 0 Å². The van der Waals surface area contributed by atoms with Crippen molar-refractivity contribution in [2.75, 3.05) is 32.7 Å². The average molecular weight is 279 g/mol. The summed E-state index contributed by atoms with van der Waals surface area (Å²) >= 11 is 0. The zero-order valence-electron chi connectivity index (χ0n) is 10.9. The summed E-state index contributed by atoms with van der Waals surface area (Å²) in [6, 6.07) is 3.65. The highest BCUT2D eigenvalue weighted by Crippen LogP contribution is 2.21. The molecule has 0 bridgehead atoms. The van der Waals surface area contributed by atoms with Crippen LogP contribution in [0.1, 0.15) is 10.4 Å². The zero-order chi connectivity index (χ0) is 14.5. The third kappa shape index (κ3) is 3.39. The van der Waals surface area contributed by atoms with Gasteiger partial charge in [0.25, 0.3) is 5.91 Å². The van der Waals surface area contributed by atoms with Crippen molar-refractivity contribution in [1.29, 1.82) is 0 Å². The van der Waals surface area contributed by atoms with Crippen molar-refractivity contribution in [3.63, 3.8) is 0 Å². The fourth-order valence-corrected chi connectivity index (χ4v) is 1.98. The molecule has 0 aromatic heterocycles. The SMILES string of the molecule is O=C(NCC(=O)N1CCNCC1)c1cc(O)ccc1O. The second-order valence-electron chi connectivity index (χ2n) is 4.51. The van der Waals surface area contributed by atoms with Crippen LogP contribution in [0.5, 0.6) is 11.5 Å². The van der Waals surface area contributed by atoms with E-state index >= 15 is 0 Å². The third-order valence-corrected chi connectivity index (χ3v) is 3.09. The van der Waals surface area contributed by atoms with Crippen molar-refractivity contribution >= 4 is 11.8 Å². The largest absolute Gasteiger partial charge is 0.508 e. The van der Waals surface area contributed by atoms with Gasteiger partial charge >= 0.3 is 0 Å². The van der Waals surface area contributed by atoms with E-state index in [1.807, 2.05) is 0 Å². The Balaban J connectivity index is 1.91. The van der Waals surface area contributed by atoms with Crippen LogP contribution in [0.15, 0.2) is 18.2 Å². The molecule has 0 unspecified atom stereocenters. The van der Waals surface area contributed by atoms with Gasteiger partial charge in [0, 0.05) is 26.2 Å². The van der Waals surface area contributed by atoms with Gasteiger partial charge in [-0.15, -0.1) is 0 Å². The quantitative estimate of drug-likeness (QED) is 0.546. The smallest absolute Gasteiger partial charge is 0.255 e. The molecule has 20 heavy (non-hydrogen) atoms. The number of nitrogens with zero attached hydrogens (tertiary/aromatic N) is 1. The van der Waals surface area contributed by atoms with Crippen LogP contribution in [0.4, 0.5) is 0 Å². The van der Waals surface area contributed by atoms with E-state index in [4.69, 9.17) is 0 Å². The maximum atomic E-state index is 11.9. The number of piperazine rings is 1. The Labute approximate surface area is 116 Å². The lowest BCUT2D eigenvalue weighted by Gasteiger charge is -2.27. The van der Waals surface area contributed by atoms with Gasteiger partial charge in [-0.1, -0.05) is 0 Å². The van der Waals surface area contributed by atoms with E-state index in [0.29, 0.717) is 13.1 Å². The molecule has 0 saturated carbocycles. The van der Waals surface area contributed by atoms with E-state index in [-0.39, 0.29) is 29.5 Å². The molecule has 0 aliphatic carbocycles. The number of benzene rings is 1. The number of nitrogens with one attached hydrogen (secondary N) is 2. The van der Waals surface area contributed by atoms with Crippen molar-refractivity contribution in [2.45, 2.75) is 0 Å². The molecule has 7 heteroatoms. The number of aromatic hydroxyl groups is 2. The number of carbonyl (C=O) groups excluding carboxylic acids is 2. The molecule has 2 amide bonds. The number of carbonyl (C=O) groups is 2. The third-order valence-electron chi connectivity index (χ3n) is 3.09. The molecule has 1 heterocycles. The molecule has 1 aromatic rings. The van der Waals surface area contributed by atoms with Crippen LogP contribution in [0, 0.1) is 0 Å². The molecular weight excluding hydrogens is 262 g/mol. The molecule has 2 rings (SSSR count). The van der Waals surface area contributed by atoms with E-state index in [1.54, 1.807) is 4.90 Å². The van der Waals surface area contributed by atoms with Gasteiger partial charge in [0.15, 0.2) is 0 Å². The van der Waals surface area contributed by atoms with E-state index in [9.17, 15) is 19.8 Å². The predicted octanol–water partition coefficient (Wildman–Crippen LogP) is -0.741. The number of amides is 2. The first kappa shape index (κ1) is 14.1. The highest BCUT2D eigenvalue weighted by Gasteiger charge is 2.18. The van der Waals surface area contributed by atoms with E-state index < -0.39 is 5.91 Å². The minimum atomic E-state index is -0.595. The lowest BCUT2D eigenvalue weighted by molar-refractivity contribution is -0.130. The standard InChI is InChI=1S/C13H17N3O4/c17-9-1-2-11(18)10(7-9)13(20)15-8-12(19)16-5-3-14-4-6-16/h1-2,7,14,17-18H,3-6,8H2,(H,15,20). The minimum absolute atomic E-state index is 0.0573. The second-order valence-corrected chi connectivity index (χ2v) is 4.51. The molecular formula is C13H17N3O4. The Kier molecular flexibility index (Phi) is 4.41. The molecule has 7 nitrogen and oxygen atoms in total. The van der Waals surface area contributed by atoms with Crippen LogP contribution in [-0.4, -0.2) is 59.7 Å². The Morgan fingerprint density at radius 1 is 1.25 bits per heavy atom. The molecule has 1 aliphatic heterocycles. The molecule has 1 aromatic carbocycles. The molecule has 0 spiro atoms. The summed E-state index contributed by atoms with van der Waals surface area (Å²) < 4.78 is 0.